The van der Waals surface area contributed by atoms with Gasteiger partial charge in [0.2, 0.25) is 11.6 Å². The molecule has 0 spiro atoms. The summed E-state index contributed by atoms with van der Waals surface area (Å²) in [5.41, 5.74) is 2.61. The maximum absolute atomic E-state index is 12.5. The molecule has 1 aromatic carbocycles. The minimum atomic E-state index is -0.397. The van der Waals surface area contributed by atoms with Crippen LogP contribution in [-0.2, 0) is 11.8 Å². The number of benzene rings is 1. The SMILES string of the molecule is Cn1c2c(c3ccccc31)C=C(C(C)(C)C)C(=O)C2=O. The van der Waals surface area contributed by atoms with E-state index in [1.54, 1.807) is 0 Å². The van der Waals surface area contributed by atoms with Gasteiger partial charge >= 0.3 is 0 Å². The first-order valence-corrected chi connectivity index (χ1v) is 6.71. The molecule has 0 radical (unpaired) electrons. The Balaban J connectivity index is 2.42. The first-order chi connectivity index (χ1) is 9.32. The number of para-hydroxylation sites is 1. The smallest absolute Gasteiger partial charge is 0.250 e. The highest BCUT2D eigenvalue weighted by Crippen LogP contribution is 2.37. The van der Waals surface area contributed by atoms with Gasteiger partial charge < -0.3 is 4.57 Å². The Bertz CT molecular complexity index is 785. The third-order valence-corrected chi connectivity index (χ3v) is 3.91. The van der Waals surface area contributed by atoms with Crippen molar-refractivity contribution in [2.75, 3.05) is 0 Å². The minimum Gasteiger partial charge on any atom is -0.340 e. The highest BCUT2D eigenvalue weighted by atomic mass is 16.2. The van der Waals surface area contributed by atoms with Crippen LogP contribution in [0.5, 0.6) is 0 Å². The predicted molar refractivity (Wildman–Crippen MR) is 79.7 cm³/mol. The van der Waals surface area contributed by atoms with Crippen molar-refractivity contribution in [1.29, 1.82) is 0 Å². The molecule has 0 atom stereocenters. The summed E-state index contributed by atoms with van der Waals surface area (Å²) >= 11 is 0. The molecule has 1 aliphatic carbocycles. The number of allylic oxidation sites excluding steroid dienone is 1. The molecular weight excluding hydrogens is 250 g/mol. The van der Waals surface area contributed by atoms with Gasteiger partial charge in [0.05, 0.1) is 0 Å². The van der Waals surface area contributed by atoms with Crippen molar-refractivity contribution in [1.82, 2.24) is 4.57 Å². The number of hydrogen-bond donors (Lipinski definition) is 0. The predicted octanol–water partition coefficient (Wildman–Crippen LogP) is 3.37. The molecule has 3 heteroatoms. The fourth-order valence-electron chi connectivity index (χ4n) is 2.84. The molecule has 1 aromatic heterocycles. The normalized spacial score (nSPS) is 15.5. The Morgan fingerprint density at radius 1 is 1.00 bits per heavy atom. The summed E-state index contributed by atoms with van der Waals surface area (Å²) < 4.78 is 1.82. The molecule has 102 valence electrons. The van der Waals surface area contributed by atoms with Crippen LogP contribution in [0.25, 0.3) is 17.0 Å². The highest BCUT2D eigenvalue weighted by Gasteiger charge is 2.36. The number of fused-ring (bicyclic) bond motifs is 3. The Morgan fingerprint density at radius 2 is 1.65 bits per heavy atom. The summed E-state index contributed by atoms with van der Waals surface area (Å²) in [7, 11) is 1.84. The van der Waals surface area contributed by atoms with Gasteiger partial charge in [0, 0.05) is 29.1 Å². The van der Waals surface area contributed by atoms with Crippen LogP contribution in [0.4, 0.5) is 0 Å². The van der Waals surface area contributed by atoms with E-state index < -0.39 is 5.78 Å². The Labute approximate surface area is 117 Å². The number of aryl methyl sites for hydroxylation is 1. The van der Waals surface area contributed by atoms with Gasteiger partial charge in [-0.05, 0) is 17.6 Å². The van der Waals surface area contributed by atoms with E-state index in [0.717, 1.165) is 16.5 Å². The van der Waals surface area contributed by atoms with Crippen molar-refractivity contribution >= 4 is 28.5 Å². The molecular formula is C17H17NO2. The summed E-state index contributed by atoms with van der Waals surface area (Å²) in [5, 5.41) is 1.02. The Kier molecular flexibility index (Phi) is 2.52. The van der Waals surface area contributed by atoms with Gasteiger partial charge in [0.1, 0.15) is 5.69 Å². The molecule has 0 bridgehead atoms. The van der Waals surface area contributed by atoms with Crippen molar-refractivity contribution < 1.29 is 9.59 Å². The molecule has 0 fully saturated rings. The second-order valence-electron chi connectivity index (χ2n) is 6.30. The van der Waals surface area contributed by atoms with Gasteiger partial charge in [-0.3, -0.25) is 9.59 Å². The third-order valence-electron chi connectivity index (χ3n) is 3.91. The third kappa shape index (κ3) is 1.59. The summed E-state index contributed by atoms with van der Waals surface area (Å²) in [4.78, 5) is 24.8. The molecule has 0 aliphatic heterocycles. The molecule has 0 saturated carbocycles. The summed E-state index contributed by atoms with van der Waals surface area (Å²) in [6.45, 7) is 5.88. The van der Waals surface area contributed by atoms with E-state index in [1.165, 1.54) is 0 Å². The number of carbonyl (C=O) groups is 2. The van der Waals surface area contributed by atoms with E-state index >= 15 is 0 Å². The van der Waals surface area contributed by atoms with E-state index in [2.05, 4.69) is 0 Å². The molecule has 0 N–H and O–H groups in total. The summed E-state index contributed by atoms with van der Waals surface area (Å²) in [6, 6.07) is 7.85. The van der Waals surface area contributed by atoms with Crippen LogP contribution in [0.3, 0.4) is 0 Å². The molecule has 3 nitrogen and oxygen atoms in total. The zero-order valence-corrected chi connectivity index (χ0v) is 12.2. The van der Waals surface area contributed by atoms with Crippen molar-refractivity contribution in [3.05, 3.63) is 41.1 Å². The number of nitrogens with zero attached hydrogens (tertiary/aromatic N) is 1. The summed E-state index contributed by atoms with van der Waals surface area (Å²) in [6.07, 6.45) is 1.89. The maximum Gasteiger partial charge on any atom is 0.250 e. The van der Waals surface area contributed by atoms with Crippen molar-refractivity contribution in [2.24, 2.45) is 12.5 Å². The fraction of sp³-hybridized carbons (Fsp3) is 0.294. The van der Waals surface area contributed by atoms with Crippen molar-refractivity contribution in [3.63, 3.8) is 0 Å². The van der Waals surface area contributed by atoms with Crippen LogP contribution < -0.4 is 0 Å². The lowest BCUT2D eigenvalue weighted by Crippen LogP contribution is -2.29. The number of Topliss-reactive ketones (excluding diaryl/α,β-unsaturated/α-hetero) is 2. The van der Waals surface area contributed by atoms with Crippen LogP contribution in [-0.4, -0.2) is 16.1 Å². The van der Waals surface area contributed by atoms with Crippen LogP contribution in [0.1, 0.15) is 36.8 Å². The lowest BCUT2D eigenvalue weighted by atomic mass is 9.78. The van der Waals surface area contributed by atoms with Crippen LogP contribution in [0, 0.1) is 5.41 Å². The molecule has 3 rings (SSSR count). The molecule has 1 heterocycles. The first-order valence-electron chi connectivity index (χ1n) is 6.71. The van der Waals surface area contributed by atoms with Gasteiger partial charge in [-0.1, -0.05) is 39.0 Å². The number of aromatic nitrogens is 1. The van der Waals surface area contributed by atoms with E-state index in [4.69, 9.17) is 0 Å². The number of carbonyl (C=O) groups excluding carboxylic acids is 2. The molecule has 20 heavy (non-hydrogen) atoms. The largest absolute Gasteiger partial charge is 0.340 e. The fourth-order valence-corrected chi connectivity index (χ4v) is 2.84. The number of hydrogen-bond acceptors (Lipinski definition) is 2. The van der Waals surface area contributed by atoms with Gasteiger partial charge in [-0.15, -0.1) is 0 Å². The van der Waals surface area contributed by atoms with E-state index in [-0.39, 0.29) is 11.2 Å². The minimum absolute atomic E-state index is 0.332. The van der Waals surface area contributed by atoms with E-state index in [1.807, 2.05) is 62.7 Å². The molecule has 0 unspecified atom stereocenters. The number of ketones is 2. The second kappa shape index (κ2) is 3.92. The molecule has 1 aliphatic rings. The average Bonchev–Trinajstić information content (AvgIpc) is 2.67. The molecule has 0 amide bonds. The van der Waals surface area contributed by atoms with E-state index in [9.17, 15) is 9.59 Å². The lowest BCUT2D eigenvalue weighted by Gasteiger charge is -2.24. The van der Waals surface area contributed by atoms with Gasteiger partial charge in [0.15, 0.2) is 0 Å². The Hall–Kier alpha value is -2.16. The standard InChI is InChI=1S/C17H17NO2/c1-17(2,3)12-9-11-10-7-5-6-8-13(10)18(4)14(11)16(20)15(12)19/h5-9H,1-4H3. The first kappa shape index (κ1) is 12.9. The van der Waals surface area contributed by atoms with E-state index in [0.29, 0.717) is 11.3 Å². The summed E-state index contributed by atoms with van der Waals surface area (Å²) in [5.74, 6) is -0.776. The van der Waals surface area contributed by atoms with Gasteiger partial charge in [0.25, 0.3) is 0 Å². The zero-order valence-electron chi connectivity index (χ0n) is 12.2. The maximum atomic E-state index is 12.5. The van der Waals surface area contributed by atoms with Crippen LogP contribution in [0.15, 0.2) is 29.8 Å². The van der Waals surface area contributed by atoms with Crippen LogP contribution >= 0.6 is 0 Å². The second-order valence-corrected chi connectivity index (χ2v) is 6.30. The topological polar surface area (TPSA) is 39.1 Å². The number of rotatable bonds is 0. The zero-order chi connectivity index (χ0) is 14.7. The van der Waals surface area contributed by atoms with Crippen LogP contribution in [0.2, 0.25) is 0 Å². The average molecular weight is 267 g/mol. The van der Waals surface area contributed by atoms with Gasteiger partial charge in [-0.2, -0.15) is 0 Å². The van der Waals surface area contributed by atoms with Crippen molar-refractivity contribution in [3.8, 4) is 0 Å². The molecule has 0 saturated heterocycles. The highest BCUT2D eigenvalue weighted by molar-refractivity contribution is 6.52. The Morgan fingerprint density at radius 3 is 2.30 bits per heavy atom. The monoisotopic (exact) mass is 267 g/mol. The van der Waals surface area contributed by atoms with Gasteiger partial charge in [-0.25, -0.2) is 0 Å². The lowest BCUT2D eigenvalue weighted by molar-refractivity contribution is -0.112. The van der Waals surface area contributed by atoms with Crippen molar-refractivity contribution in [2.45, 2.75) is 20.8 Å². The molecule has 2 aromatic rings. The quantitative estimate of drug-likeness (QED) is 0.686.